The van der Waals surface area contributed by atoms with Gasteiger partial charge in [0.1, 0.15) is 10.7 Å². The van der Waals surface area contributed by atoms with Gasteiger partial charge in [-0.3, -0.25) is 4.79 Å². The van der Waals surface area contributed by atoms with Crippen LogP contribution in [0.25, 0.3) is 0 Å². The molecule has 1 aromatic rings. The largest absolute Gasteiger partial charge is 0.354 e. The molecule has 0 aromatic carbocycles. The molecule has 0 saturated heterocycles. The van der Waals surface area contributed by atoms with Crippen molar-refractivity contribution in [2.75, 3.05) is 21.1 Å². The predicted molar refractivity (Wildman–Crippen MR) is 52.9 cm³/mol. The number of thiazole rings is 1. The number of hydrogen-bond donors (Lipinski definition) is 1. The molecule has 0 saturated carbocycles. The average Bonchev–Trinajstić information content (AvgIpc) is 2.50. The summed E-state index contributed by atoms with van der Waals surface area (Å²) in [5.41, 5.74) is 0.504. The summed E-state index contributed by atoms with van der Waals surface area (Å²) < 4.78 is 0. The van der Waals surface area contributed by atoms with Crippen molar-refractivity contribution >= 4 is 17.2 Å². The van der Waals surface area contributed by atoms with E-state index in [1.807, 2.05) is 19.0 Å². The lowest BCUT2D eigenvalue weighted by molar-refractivity contribution is 0.0958. The van der Waals surface area contributed by atoms with Gasteiger partial charge < -0.3 is 10.2 Å². The molecule has 0 unspecified atom stereocenters. The maximum Gasteiger partial charge on any atom is 0.270 e. The molecule has 4 nitrogen and oxygen atoms in total. The van der Waals surface area contributed by atoms with Crippen molar-refractivity contribution in [1.29, 1.82) is 0 Å². The first-order valence-corrected chi connectivity index (χ1v) is 4.82. The minimum Gasteiger partial charge on any atom is -0.354 e. The fraction of sp³-hybridized carbons (Fsp3) is 0.500. The van der Waals surface area contributed by atoms with Gasteiger partial charge in [0.2, 0.25) is 0 Å². The molecule has 0 fully saturated rings. The SMILES string of the molecule is CNC(=O)c1csc(CN(C)C)n1. The van der Waals surface area contributed by atoms with Crippen LogP contribution in [0, 0.1) is 0 Å². The molecular weight excluding hydrogens is 186 g/mol. The second-order valence-corrected chi connectivity index (χ2v) is 3.89. The van der Waals surface area contributed by atoms with E-state index in [0.717, 1.165) is 11.6 Å². The van der Waals surface area contributed by atoms with Crippen molar-refractivity contribution in [3.8, 4) is 0 Å². The summed E-state index contributed by atoms with van der Waals surface area (Å²) in [4.78, 5) is 17.3. The third-order valence-electron chi connectivity index (χ3n) is 1.46. The van der Waals surface area contributed by atoms with Gasteiger partial charge in [-0.1, -0.05) is 0 Å². The third-order valence-corrected chi connectivity index (χ3v) is 2.30. The Hall–Kier alpha value is -0.940. The van der Waals surface area contributed by atoms with Crippen LogP contribution >= 0.6 is 11.3 Å². The highest BCUT2D eigenvalue weighted by Gasteiger charge is 2.08. The molecule has 72 valence electrons. The minimum atomic E-state index is -0.124. The van der Waals surface area contributed by atoms with E-state index in [4.69, 9.17) is 0 Å². The first-order valence-electron chi connectivity index (χ1n) is 3.94. The van der Waals surface area contributed by atoms with Gasteiger partial charge in [0.25, 0.3) is 5.91 Å². The third kappa shape index (κ3) is 2.78. The molecular formula is C8H13N3OS. The minimum absolute atomic E-state index is 0.124. The highest BCUT2D eigenvalue weighted by molar-refractivity contribution is 7.09. The number of hydrogen-bond acceptors (Lipinski definition) is 4. The number of aromatic nitrogens is 1. The summed E-state index contributed by atoms with van der Waals surface area (Å²) in [6.45, 7) is 0.779. The Morgan fingerprint density at radius 1 is 1.69 bits per heavy atom. The lowest BCUT2D eigenvalue weighted by Crippen LogP contribution is -2.18. The molecule has 5 heteroatoms. The number of amides is 1. The van der Waals surface area contributed by atoms with Gasteiger partial charge in [0, 0.05) is 19.0 Å². The summed E-state index contributed by atoms with van der Waals surface area (Å²) in [6.07, 6.45) is 0. The number of carbonyl (C=O) groups excluding carboxylic acids is 1. The van der Waals surface area contributed by atoms with E-state index in [9.17, 15) is 4.79 Å². The monoisotopic (exact) mass is 199 g/mol. The van der Waals surface area contributed by atoms with Crippen LogP contribution in [-0.4, -0.2) is 36.9 Å². The van der Waals surface area contributed by atoms with Gasteiger partial charge in [-0.05, 0) is 14.1 Å². The first kappa shape index (κ1) is 10.1. The molecule has 0 bridgehead atoms. The van der Waals surface area contributed by atoms with E-state index < -0.39 is 0 Å². The van der Waals surface area contributed by atoms with E-state index in [1.165, 1.54) is 11.3 Å². The van der Waals surface area contributed by atoms with Crippen molar-refractivity contribution in [3.63, 3.8) is 0 Å². The highest BCUT2D eigenvalue weighted by Crippen LogP contribution is 2.10. The fourth-order valence-electron chi connectivity index (χ4n) is 0.886. The number of rotatable bonds is 3. The zero-order chi connectivity index (χ0) is 9.84. The lowest BCUT2D eigenvalue weighted by atomic mass is 10.4. The van der Waals surface area contributed by atoms with Crippen LogP contribution in [0.4, 0.5) is 0 Å². The number of carbonyl (C=O) groups is 1. The number of nitrogens with zero attached hydrogens (tertiary/aromatic N) is 2. The van der Waals surface area contributed by atoms with Gasteiger partial charge in [0.05, 0.1) is 0 Å². The second kappa shape index (κ2) is 4.34. The molecule has 0 aliphatic rings. The van der Waals surface area contributed by atoms with Gasteiger partial charge >= 0.3 is 0 Å². The van der Waals surface area contributed by atoms with Crippen LogP contribution in [0.1, 0.15) is 15.5 Å². The molecule has 0 aliphatic carbocycles. The average molecular weight is 199 g/mol. The zero-order valence-corrected chi connectivity index (χ0v) is 8.81. The van der Waals surface area contributed by atoms with Gasteiger partial charge in [-0.25, -0.2) is 4.98 Å². The van der Waals surface area contributed by atoms with Crippen molar-refractivity contribution in [3.05, 3.63) is 16.1 Å². The summed E-state index contributed by atoms with van der Waals surface area (Å²) in [7, 11) is 5.55. The maximum absolute atomic E-state index is 11.1. The molecule has 1 heterocycles. The van der Waals surface area contributed by atoms with Crippen molar-refractivity contribution in [2.45, 2.75) is 6.54 Å². The Bertz CT molecular complexity index is 295. The van der Waals surface area contributed by atoms with E-state index >= 15 is 0 Å². The van der Waals surface area contributed by atoms with Crippen LogP contribution < -0.4 is 5.32 Å². The van der Waals surface area contributed by atoms with E-state index in [2.05, 4.69) is 10.3 Å². The molecule has 13 heavy (non-hydrogen) atoms. The van der Waals surface area contributed by atoms with Crippen LogP contribution in [0.5, 0.6) is 0 Å². The topological polar surface area (TPSA) is 45.2 Å². The molecule has 0 aliphatic heterocycles. The van der Waals surface area contributed by atoms with E-state index in [1.54, 1.807) is 12.4 Å². The molecule has 0 spiro atoms. The van der Waals surface area contributed by atoms with Crippen molar-refractivity contribution in [2.24, 2.45) is 0 Å². The quantitative estimate of drug-likeness (QED) is 0.774. The Balaban J connectivity index is 2.69. The van der Waals surface area contributed by atoms with Crippen LogP contribution in [0.15, 0.2) is 5.38 Å². The normalized spacial score (nSPS) is 10.5. The Kier molecular flexibility index (Phi) is 3.39. The second-order valence-electron chi connectivity index (χ2n) is 2.94. The molecule has 1 aromatic heterocycles. The summed E-state index contributed by atoms with van der Waals surface area (Å²) in [5.74, 6) is -0.124. The van der Waals surface area contributed by atoms with Gasteiger partial charge in [-0.15, -0.1) is 11.3 Å². The van der Waals surface area contributed by atoms with Gasteiger partial charge in [0.15, 0.2) is 0 Å². The smallest absolute Gasteiger partial charge is 0.270 e. The molecule has 1 N–H and O–H groups in total. The standard InChI is InChI=1S/C8H13N3OS/c1-9-8(12)6-5-13-7(10-6)4-11(2)3/h5H,4H2,1-3H3,(H,9,12). The van der Waals surface area contributed by atoms with Gasteiger partial charge in [-0.2, -0.15) is 0 Å². The van der Waals surface area contributed by atoms with E-state index in [-0.39, 0.29) is 5.91 Å². The Labute approximate surface area is 81.6 Å². The number of nitrogens with one attached hydrogen (secondary N) is 1. The molecule has 1 rings (SSSR count). The van der Waals surface area contributed by atoms with E-state index in [0.29, 0.717) is 5.69 Å². The zero-order valence-electron chi connectivity index (χ0n) is 8.00. The maximum atomic E-state index is 11.1. The Morgan fingerprint density at radius 3 is 2.92 bits per heavy atom. The van der Waals surface area contributed by atoms with Crippen molar-refractivity contribution < 1.29 is 4.79 Å². The predicted octanol–water partition coefficient (Wildman–Crippen LogP) is 0.564. The van der Waals surface area contributed by atoms with Crippen LogP contribution in [-0.2, 0) is 6.54 Å². The first-order chi connectivity index (χ1) is 6.13. The lowest BCUT2D eigenvalue weighted by Gasteiger charge is -2.04. The van der Waals surface area contributed by atoms with Crippen LogP contribution in [0.3, 0.4) is 0 Å². The summed E-state index contributed by atoms with van der Waals surface area (Å²) in [5, 5.41) is 5.28. The Morgan fingerprint density at radius 2 is 2.38 bits per heavy atom. The summed E-state index contributed by atoms with van der Waals surface area (Å²) in [6, 6.07) is 0. The van der Waals surface area contributed by atoms with Crippen molar-refractivity contribution in [1.82, 2.24) is 15.2 Å². The molecule has 1 amide bonds. The van der Waals surface area contributed by atoms with Crippen LogP contribution in [0.2, 0.25) is 0 Å². The molecule has 0 radical (unpaired) electrons. The summed E-state index contributed by atoms with van der Waals surface area (Å²) >= 11 is 1.51. The highest BCUT2D eigenvalue weighted by atomic mass is 32.1. The fourth-order valence-corrected chi connectivity index (χ4v) is 1.78. The molecule has 0 atom stereocenters.